The standard InChI is InChI=1S/C37H46N7O18P3S2/c1-23(42-43-39)26-11-3-5-13-28(26)36(48)60-30-20-33(59-31(30)22-58-64(53,54)62-65(55,56)61-63(50,51)52)44-21-25(34(46)41-37(44)49)10-9-17-40-32(45)15-7-8-18-57-35(47)29-14-6-4-12-27(29)24(2)67-66-19-16-38/h3-6,11-14,21,23-24,30-31,33H,7-8,15-20,22,38H2,1-2H3,(H,40,45)(H,53,54)(H,55,56)(H,41,46,49)(H2,50,51,52)/t23?,24?,30?,31-,33-/m1/s1. The van der Waals surface area contributed by atoms with E-state index in [1.54, 1.807) is 39.8 Å². The van der Waals surface area contributed by atoms with Crippen molar-refractivity contribution in [2.75, 3.05) is 32.1 Å². The van der Waals surface area contributed by atoms with Crippen LogP contribution in [0.25, 0.3) is 10.4 Å². The van der Waals surface area contributed by atoms with Crippen molar-refractivity contribution in [1.82, 2.24) is 14.9 Å². The highest BCUT2D eigenvalue weighted by Crippen LogP contribution is 2.66. The fraction of sp³-hybridized carbons (Fsp3) is 0.432. The van der Waals surface area contributed by atoms with Crippen LogP contribution in [0.1, 0.15) is 94.5 Å². The van der Waals surface area contributed by atoms with Gasteiger partial charge in [-0.05, 0) is 48.6 Å². The van der Waals surface area contributed by atoms with Gasteiger partial charge in [-0.15, -0.1) is 0 Å². The molecule has 8 N–H and O–H groups in total. The number of amides is 1. The summed E-state index contributed by atoms with van der Waals surface area (Å²) in [6, 6.07) is 12.2. The molecule has 2 aromatic carbocycles. The Morgan fingerprint density at radius 1 is 1.01 bits per heavy atom. The maximum Gasteiger partial charge on any atom is 0.490 e. The molecule has 1 aliphatic heterocycles. The van der Waals surface area contributed by atoms with Crippen molar-refractivity contribution in [3.8, 4) is 11.8 Å². The molecule has 4 rings (SSSR count). The predicted octanol–water partition coefficient (Wildman–Crippen LogP) is 4.66. The third-order valence-electron chi connectivity index (χ3n) is 9.05. The molecule has 0 aliphatic carbocycles. The summed E-state index contributed by atoms with van der Waals surface area (Å²) in [5.74, 6) is 4.03. The van der Waals surface area contributed by atoms with Gasteiger partial charge < -0.3 is 44.8 Å². The highest BCUT2D eigenvalue weighted by molar-refractivity contribution is 8.76. The molecular weight excluding hydrogens is 987 g/mol. The maximum absolute atomic E-state index is 13.5. The Hall–Kier alpha value is -4.57. The molecule has 364 valence electrons. The summed E-state index contributed by atoms with van der Waals surface area (Å²) in [4.78, 5) is 107. The number of nitrogens with two attached hydrogens (primary N) is 1. The summed E-state index contributed by atoms with van der Waals surface area (Å²) in [5, 5.41) is 6.18. The number of hydrogen-bond acceptors (Lipinski definition) is 18. The van der Waals surface area contributed by atoms with E-state index in [0.717, 1.165) is 22.1 Å². The van der Waals surface area contributed by atoms with E-state index in [1.165, 1.54) is 25.1 Å². The Bertz CT molecular complexity index is 2630. The van der Waals surface area contributed by atoms with Crippen LogP contribution in [0, 0.1) is 11.8 Å². The van der Waals surface area contributed by atoms with Gasteiger partial charge in [0.15, 0.2) is 0 Å². The second kappa shape index (κ2) is 25.7. The fourth-order valence-corrected chi connectivity index (χ4v) is 11.3. The average molecular weight is 1030 g/mol. The molecule has 1 saturated heterocycles. The number of nitrogens with one attached hydrogen (secondary N) is 2. The minimum absolute atomic E-state index is 0.0202. The van der Waals surface area contributed by atoms with E-state index >= 15 is 0 Å². The SMILES string of the molecule is CC(N=[N+]=[N-])c1ccccc1C(=O)OC1C[C@H](n2cc(C#CCNC(=O)CCCCOC(=O)c3ccccc3C(C)SSCCN)c(=O)[nH]c2=O)O[C@@H]1COP(=O)(O)OP(=O)(O)OP(=O)(O)O. The topological polar surface area (TPSA) is 380 Å². The predicted molar refractivity (Wildman–Crippen MR) is 241 cm³/mol. The molecule has 2 heterocycles. The van der Waals surface area contributed by atoms with Gasteiger partial charge in [0.25, 0.3) is 5.56 Å². The number of azide groups is 1. The quantitative estimate of drug-likeness (QED) is 0.00937. The van der Waals surface area contributed by atoms with Gasteiger partial charge in [-0.1, -0.05) is 81.9 Å². The highest BCUT2D eigenvalue weighted by Gasteiger charge is 2.44. The summed E-state index contributed by atoms with van der Waals surface area (Å²) in [6.07, 6.45) is -3.02. The molecule has 1 aliphatic rings. The Labute approximate surface area is 389 Å². The first-order chi connectivity index (χ1) is 31.6. The normalized spacial score (nSPS) is 18.5. The molecule has 0 bridgehead atoms. The second-order valence-corrected chi connectivity index (χ2v) is 21.2. The average Bonchev–Trinajstić information content (AvgIpc) is 3.65. The van der Waals surface area contributed by atoms with E-state index in [1.807, 2.05) is 19.1 Å². The molecule has 0 radical (unpaired) electrons. The van der Waals surface area contributed by atoms with E-state index < -0.39 is 84.2 Å². The number of aromatic nitrogens is 2. The Balaban J connectivity index is 1.40. The van der Waals surface area contributed by atoms with Crippen molar-refractivity contribution >= 4 is 62.9 Å². The van der Waals surface area contributed by atoms with Gasteiger partial charge in [-0.2, -0.15) is 8.62 Å². The van der Waals surface area contributed by atoms with Crippen LogP contribution in [-0.2, 0) is 45.8 Å². The molecule has 3 aromatic rings. The minimum atomic E-state index is -5.91. The van der Waals surface area contributed by atoms with Gasteiger partial charge in [0.1, 0.15) is 24.0 Å². The summed E-state index contributed by atoms with van der Waals surface area (Å²) >= 11 is 0. The van der Waals surface area contributed by atoms with Crippen molar-refractivity contribution in [1.29, 1.82) is 0 Å². The highest BCUT2D eigenvalue weighted by atomic mass is 33.1. The third-order valence-corrected chi connectivity index (χ3v) is 15.7. The number of aromatic amines is 1. The summed E-state index contributed by atoms with van der Waals surface area (Å²) in [5.41, 5.74) is 13.7. The summed E-state index contributed by atoms with van der Waals surface area (Å²) < 4.78 is 65.5. The maximum atomic E-state index is 13.5. The monoisotopic (exact) mass is 1030 g/mol. The van der Waals surface area contributed by atoms with Crippen LogP contribution in [0.2, 0.25) is 0 Å². The number of esters is 2. The minimum Gasteiger partial charge on any atom is -0.462 e. The number of hydrogen-bond donors (Lipinski definition) is 7. The van der Waals surface area contributed by atoms with Crippen LogP contribution in [0.3, 0.4) is 0 Å². The Morgan fingerprint density at radius 3 is 2.36 bits per heavy atom. The molecular formula is C37H46N7O18P3S2. The van der Waals surface area contributed by atoms with Gasteiger partial charge in [-0.3, -0.25) is 23.7 Å². The van der Waals surface area contributed by atoms with Gasteiger partial charge >= 0.3 is 41.1 Å². The smallest absolute Gasteiger partial charge is 0.462 e. The third kappa shape index (κ3) is 17.8. The van der Waals surface area contributed by atoms with Crippen molar-refractivity contribution in [2.45, 2.75) is 69.3 Å². The van der Waals surface area contributed by atoms with Crippen LogP contribution >= 0.6 is 45.1 Å². The van der Waals surface area contributed by atoms with E-state index in [0.29, 0.717) is 24.9 Å². The van der Waals surface area contributed by atoms with Gasteiger partial charge in [0.05, 0.1) is 36.9 Å². The second-order valence-electron chi connectivity index (χ2n) is 14.0. The molecule has 5 unspecified atom stereocenters. The number of carbonyl (C=O) groups is 3. The number of nitrogens with zero attached hydrogens (tertiary/aromatic N) is 4. The first-order valence-corrected chi connectivity index (χ1v) is 26.7. The van der Waals surface area contributed by atoms with Crippen molar-refractivity contribution in [3.63, 3.8) is 0 Å². The Morgan fingerprint density at radius 2 is 1.69 bits per heavy atom. The lowest BCUT2D eigenvalue weighted by Crippen LogP contribution is -2.34. The largest absolute Gasteiger partial charge is 0.490 e. The van der Waals surface area contributed by atoms with Crippen molar-refractivity contribution in [3.05, 3.63) is 114 Å². The number of carbonyl (C=O) groups excluding carboxylic acids is 3. The van der Waals surface area contributed by atoms with Crippen molar-refractivity contribution in [2.24, 2.45) is 10.8 Å². The number of phosphoric acid groups is 3. The number of phosphoric ester groups is 1. The molecule has 7 atom stereocenters. The van der Waals surface area contributed by atoms with E-state index in [9.17, 15) is 47.5 Å². The first kappa shape index (κ1) is 55.0. The van der Waals surface area contributed by atoms with Gasteiger partial charge in [0.2, 0.25) is 5.91 Å². The molecule has 0 saturated carbocycles. The number of rotatable bonds is 24. The lowest BCUT2D eigenvalue weighted by molar-refractivity contribution is -0.121. The van der Waals surface area contributed by atoms with Crippen LogP contribution < -0.4 is 22.3 Å². The van der Waals surface area contributed by atoms with Gasteiger partial charge in [0, 0.05) is 41.5 Å². The van der Waals surface area contributed by atoms with Crippen LogP contribution in [0.5, 0.6) is 0 Å². The zero-order valence-electron chi connectivity index (χ0n) is 35.5. The van der Waals surface area contributed by atoms with E-state index in [4.69, 9.17) is 39.8 Å². The zero-order chi connectivity index (χ0) is 49.4. The molecule has 1 fully saturated rings. The molecule has 25 nitrogen and oxygen atoms in total. The van der Waals surface area contributed by atoms with Crippen molar-refractivity contribution < 1.29 is 75.0 Å². The fourth-order valence-electron chi connectivity index (χ4n) is 6.08. The number of H-pyrrole nitrogens is 1. The first-order valence-electron chi connectivity index (χ1n) is 19.8. The summed E-state index contributed by atoms with van der Waals surface area (Å²) in [7, 11) is -14.1. The zero-order valence-corrected chi connectivity index (χ0v) is 39.8. The molecule has 30 heteroatoms. The van der Waals surface area contributed by atoms with Crippen LogP contribution in [0.4, 0.5) is 0 Å². The number of unbranched alkanes of at least 4 members (excludes halogenated alkanes) is 1. The molecule has 1 aromatic heterocycles. The van der Waals surface area contributed by atoms with Crippen LogP contribution in [-0.4, -0.2) is 91.2 Å². The molecule has 67 heavy (non-hydrogen) atoms. The van der Waals surface area contributed by atoms with E-state index in [2.05, 4.69) is 40.8 Å². The van der Waals surface area contributed by atoms with Gasteiger partial charge in [-0.25, -0.2) is 28.1 Å². The number of ether oxygens (including phenoxy) is 3. The summed E-state index contributed by atoms with van der Waals surface area (Å²) in [6.45, 7) is 2.80. The number of benzene rings is 2. The van der Waals surface area contributed by atoms with E-state index in [-0.39, 0.29) is 47.4 Å². The molecule has 0 spiro atoms. The molecule has 1 amide bonds. The lowest BCUT2D eigenvalue weighted by Gasteiger charge is -2.21. The Kier molecular flexibility index (Phi) is 21.1. The lowest BCUT2D eigenvalue weighted by atomic mass is 10.0. The van der Waals surface area contributed by atoms with Crippen LogP contribution in [0.15, 0.2) is 69.4 Å².